The molecule has 0 bridgehead atoms. The number of thiophene rings is 4. The van der Waals surface area contributed by atoms with Crippen molar-refractivity contribution in [3.05, 3.63) is 241 Å². The van der Waals surface area contributed by atoms with E-state index < -0.39 is 47.4 Å². The molecule has 3 N–H and O–H groups in total. The molecule has 0 unspecified atom stereocenters. The van der Waals surface area contributed by atoms with Crippen molar-refractivity contribution in [2.45, 2.75) is 149 Å². The molecule has 12 heterocycles. The number of alkyl halides is 3. The van der Waals surface area contributed by atoms with Gasteiger partial charge in [0.25, 0.3) is 0 Å². The normalized spacial score (nSPS) is 14.0. The molecule has 724 valence electrons. The summed E-state index contributed by atoms with van der Waals surface area (Å²) in [6.07, 6.45) is 11.7. The predicted molar refractivity (Wildman–Crippen MR) is 516 cm³/mol. The minimum absolute atomic E-state index is 0. The molecule has 14 rings (SSSR count). The summed E-state index contributed by atoms with van der Waals surface area (Å²) in [5.41, 5.74) is 7.00. The first kappa shape index (κ1) is 115. The second-order valence-electron chi connectivity index (χ2n) is 31.4. The van der Waals surface area contributed by atoms with Crippen molar-refractivity contribution in [2.24, 2.45) is 23.7 Å². The number of esters is 1. The van der Waals surface area contributed by atoms with E-state index in [1.54, 1.807) is 96.2 Å². The number of ether oxygens (including phenoxy) is 8. The third-order valence-electron chi connectivity index (χ3n) is 21.1. The lowest BCUT2D eigenvalue weighted by atomic mass is 9.87. The summed E-state index contributed by atoms with van der Waals surface area (Å²) in [5, 5.41) is 21.1. The maximum absolute atomic E-state index is 13.6. The fourth-order valence-corrected chi connectivity index (χ4v) is 18.1. The van der Waals surface area contributed by atoms with Crippen LogP contribution < -0.4 is 25.4 Å². The summed E-state index contributed by atoms with van der Waals surface area (Å²) >= 11 is 15.3. The number of likely N-dealkylation sites (tertiary alicyclic amines) is 1. The summed E-state index contributed by atoms with van der Waals surface area (Å²) in [4.78, 5) is 112. The average molecular weight is 2050 g/mol. The first-order chi connectivity index (χ1) is 62.7. The Bertz CT molecular complexity index is 5130. The van der Waals surface area contributed by atoms with Crippen molar-refractivity contribution in [1.82, 2.24) is 50.8 Å². The van der Waals surface area contributed by atoms with Crippen LogP contribution in [0.25, 0.3) is 11.1 Å². The predicted octanol–water partition coefficient (Wildman–Crippen LogP) is 20.2. The molecular formula is C95H117BrCl3F5N10O15S4. The van der Waals surface area contributed by atoms with E-state index in [9.17, 15) is 55.5 Å². The van der Waals surface area contributed by atoms with Gasteiger partial charge < -0.3 is 58.7 Å². The number of rotatable bonds is 25. The van der Waals surface area contributed by atoms with Gasteiger partial charge in [0, 0.05) is 180 Å². The highest BCUT2D eigenvalue weighted by Gasteiger charge is 2.37. The van der Waals surface area contributed by atoms with Crippen molar-refractivity contribution in [3.8, 4) is 22.9 Å². The summed E-state index contributed by atoms with van der Waals surface area (Å²) in [7, 11) is 10.4. The number of Topliss-reactive ketones (excluding diaryl/α,β-unsaturated/α-hetero) is 5. The quantitative estimate of drug-likeness (QED) is 0.0207. The zero-order valence-corrected chi connectivity index (χ0v) is 83.8. The minimum Gasteiger partial charge on any atom is -0.480 e. The van der Waals surface area contributed by atoms with Crippen LogP contribution in [-0.2, 0) is 85.9 Å². The average Bonchev–Trinajstić information content (AvgIpc) is 1.69. The summed E-state index contributed by atoms with van der Waals surface area (Å²) in [5.74, 6) is -0.446. The number of halogens is 9. The number of aryl methyl sites for hydroxylation is 3. The van der Waals surface area contributed by atoms with Crippen LogP contribution >= 0.6 is 97.7 Å². The van der Waals surface area contributed by atoms with E-state index in [0.29, 0.717) is 106 Å². The molecule has 4 aliphatic heterocycles. The number of hydrogen-bond donors (Lipinski definition) is 3. The van der Waals surface area contributed by atoms with Gasteiger partial charge in [-0.25, -0.2) is 33.3 Å². The number of carbonyl (C=O) groups is 7. The summed E-state index contributed by atoms with van der Waals surface area (Å²) in [6.45, 7) is 17.7. The molecule has 2 aromatic carbocycles. The fraction of sp³-hybridized carbons (Fsp3) is 0.442. The van der Waals surface area contributed by atoms with Crippen LogP contribution in [0.15, 0.2) is 153 Å². The van der Waals surface area contributed by atoms with Gasteiger partial charge in [0.1, 0.15) is 40.4 Å². The number of hydrogen-bond acceptors (Lipinski definition) is 28. The van der Waals surface area contributed by atoms with Gasteiger partial charge in [0.15, 0.2) is 22.9 Å². The third kappa shape index (κ3) is 38.3. The van der Waals surface area contributed by atoms with E-state index in [2.05, 4.69) is 84.9 Å². The van der Waals surface area contributed by atoms with Crippen molar-refractivity contribution in [1.29, 1.82) is 0 Å². The van der Waals surface area contributed by atoms with Gasteiger partial charge in [-0.1, -0.05) is 48.0 Å². The van der Waals surface area contributed by atoms with E-state index in [4.69, 9.17) is 44.8 Å². The van der Waals surface area contributed by atoms with Gasteiger partial charge in [0.05, 0.1) is 45.0 Å². The maximum Gasteiger partial charge on any atom is 0.416 e. The van der Waals surface area contributed by atoms with E-state index in [1.165, 1.54) is 80.7 Å². The zero-order chi connectivity index (χ0) is 95.6. The zero-order valence-electron chi connectivity index (χ0n) is 76.6. The van der Waals surface area contributed by atoms with Crippen molar-refractivity contribution >= 4 is 139 Å². The van der Waals surface area contributed by atoms with Crippen LogP contribution in [0.2, 0.25) is 5.15 Å². The van der Waals surface area contributed by atoms with Gasteiger partial charge in [0.2, 0.25) is 23.7 Å². The monoisotopic (exact) mass is 2040 g/mol. The molecule has 133 heavy (non-hydrogen) atoms. The van der Waals surface area contributed by atoms with Gasteiger partial charge in [-0.3, -0.25) is 33.9 Å². The number of benzene rings is 2. The number of nitrogens with zero attached hydrogens (tertiary/aromatic N) is 7. The lowest BCUT2D eigenvalue weighted by molar-refractivity contribution is -0.138. The highest BCUT2D eigenvalue weighted by Crippen LogP contribution is 2.36. The van der Waals surface area contributed by atoms with Crippen LogP contribution in [0.3, 0.4) is 0 Å². The smallest absolute Gasteiger partial charge is 0.416 e. The SMILES string of the molecule is CC(C)(C)OC(=O)N1CCC(C(=O)Cc2ccccc2-c2cccnc2)CC1.COC(=O)c1nc(C)cnc1OC.COC(OC)c1cscc1Br.COc1nc(Cl)cnc1C(OC)OC.Cc1ccsc1CC(=O)C1CCNCC1.Cc1ccsc1CC(=O)c1ccncc1.Cl.Cl.O=C(Cc1c(F)cccc1C(F)(F)F)C1CCNCC1.O=C(Cc1cscc1F)C1CCNCC1. The number of ketones is 5. The highest BCUT2D eigenvalue weighted by atomic mass is 79.9. The van der Waals surface area contributed by atoms with Crippen molar-refractivity contribution in [3.63, 3.8) is 0 Å². The number of amides is 1. The second kappa shape index (κ2) is 59.9. The number of carbonyl (C=O) groups excluding carboxylic acids is 7. The van der Waals surface area contributed by atoms with E-state index >= 15 is 0 Å². The molecule has 1 amide bonds. The number of piperidine rings is 4. The standard InChI is InChI=1S/C23H28N2O3.C14H15F4NO.C12H17NOS.C12H11NOS.C11H14FNOS.C8H11ClN2O3.C8H10N2O3.C7H9BrO2S.2ClH/c1-23(2,3)28-22(27)25-13-10-17(11-14-25)21(26)15-18-7-4-5-9-20(18)19-8-6-12-24-16-19;15-12-3-1-2-11(14(16,17)18)10(12)8-13(20)9-4-6-19-7-5-9;2*1-9-4-7-15-12(9)8-11(14)10-2-5-13-6-3-10;12-10-7-15-6-9(10)5-11(14)8-1-3-13-4-2-8;1-12-7-6(8(13-2)14-3)10-4-5(9)11-7;1-5-4-9-7(12-2)6(10-5)8(11)13-3;1-9-7(10-2)5-3-11-4-6(5)8;;/h4-9,12,16-17H,10-11,13-15H2,1-3H3;1-3,9,19H,4-8H2;4,7,10,13H,2-3,5-6,8H2,1H3;2-7H,8H2,1H3;6-8,13H,1-5H2;4,8H,1-3H3;4H,1-3H3;3-4,7H,1-2H3;2*1H. The van der Waals surface area contributed by atoms with Gasteiger partial charge in [-0.15, -0.1) is 58.8 Å². The summed E-state index contributed by atoms with van der Waals surface area (Å²) in [6, 6.07) is 22.3. The van der Waals surface area contributed by atoms with Crippen LogP contribution in [0.4, 0.5) is 26.7 Å². The van der Waals surface area contributed by atoms with Crippen molar-refractivity contribution < 1.29 is 93.4 Å². The number of aromatic nitrogens is 6. The Balaban J connectivity index is 0.000000273. The molecule has 25 nitrogen and oxygen atoms in total. The molecule has 4 fully saturated rings. The Labute approximate surface area is 815 Å². The maximum atomic E-state index is 13.6. The molecule has 8 aromatic heterocycles. The molecule has 0 aliphatic carbocycles. The first-order valence-corrected chi connectivity index (χ1v) is 47.1. The Morgan fingerprint density at radius 3 is 1.55 bits per heavy atom. The van der Waals surface area contributed by atoms with Crippen LogP contribution in [-0.4, -0.2) is 184 Å². The number of pyridine rings is 2. The van der Waals surface area contributed by atoms with Crippen molar-refractivity contribution in [2.75, 3.05) is 102 Å². The van der Waals surface area contributed by atoms with E-state index in [0.717, 1.165) is 107 Å². The molecule has 4 aliphatic rings. The third-order valence-corrected chi connectivity index (χ3v) is 25.8. The number of methoxy groups -OCH3 is 7. The van der Waals surface area contributed by atoms with Crippen LogP contribution in [0.5, 0.6) is 11.8 Å². The molecule has 10 aromatic rings. The second-order valence-corrected chi connectivity index (χ2v) is 36.1. The molecule has 0 radical (unpaired) electrons. The Morgan fingerprint density at radius 2 is 1.07 bits per heavy atom. The lowest BCUT2D eigenvalue weighted by Crippen LogP contribution is -2.43. The highest BCUT2D eigenvalue weighted by molar-refractivity contribution is 9.10. The van der Waals surface area contributed by atoms with Crippen LogP contribution in [0, 0.1) is 56.1 Å². The van der Waals surface area contributed by atoms with Crippen LogP contribution in [0.1, 0.15) is 166 Å². The minimum atomic E-state index is -4.65. The molecular weight excluding hydrogens is 1930 g/mol. The van der Waals surface area contributed by atoms with E-state index in [1.807, 2.05) is 92.5 Å². The van der Waals surface area contributed by atoms with Gasteiger partial charge >= 0.3 is 18.2 Å². The molecule has 0 saturated carbocycles. The van der Waals surface area contributed by atoms with Gasteiger partial charge in [-0.05, 0) is 229 Å². The lowest BCUT2D eigenvalue weighted by Gasteiger charge is -2.33. The molecule has 38 heteroatoms. The molecule has 0 atom stereocenters. The Morgan fingerprint density at radius 1 is 0.541 bits per heavy atom. The largest absolute Gasteiger partial charge is 0.480 e. The first-order valence-electron chi connectivity index (χ1n) is 42.3. The van der Waals surface area contributed by atoms with Gasteiger partial charge in [-0.2, -0.15) is 29.5 Å². The Kier molecular flexibility index (Phi) is 51.6. The fourth-order valence-electron chi connectivity index (χ4n) is 13.9. The summed E-state index contributed by atoms with van der Waals surface area (Å²) < 4.78 is 106. The Hall–Kier alpha value is -8.89. The topological polar surface area (TPSA) is 310 Å². The number of nitrogens with one attached hydrogen (secondary N) is 3. The molecule has 0 spiro atoms. The molecule has 4 saturated heterocycles. The van der Waals surface area contributed by atoms with E-state index in [-0.39, 0.29) is 107 Å².